The van der Waals surface area contributed by atoms with Gasteiger partial charge in [-0.2, -0.15) is 0 Å². The molecule has 0 rings (SSSR count). The second-order valence-corrected chi connectivity index (χ2v) is 0. The number of carbonyl (C=O) groups is 1. The Morgan fingerprint density at radius 2 is 1.25 bits per heavy atom. The van der Waals surface area contributed by atoms with Gasteiger partial charge in [-0.3, -0.25) is 0 Å². The van der Waals surface area contributed by atoms with Crippen molar-refractivity contribution < 1.29 is 24.6 Å². The van der Waals surface area contributed by atoms with E-state index in [4.69, 9.17) is 8.63 Å². The van der Waals surface area contributed by atoms with Gasteiger partial charge in [0.25, 0.3) is 0 Å². The van der Waals surface area contributed by atoms with Crippen LogP contribution in [0, 0.1) is 0 Å². The monoisotopic (exact) mass is 101 g/mol. The Labute approximate surface area is 32.2 Å². The summed E-state index contributed by atoms with van der Waals surface area (Å²) in [4.78, 5) is 8.00. The summed E-state index contributed by atoms with van der Waals surface area (Å²) in [7, 11) is 0. The second-order valence-electron chi connectivity index (χ2n) is 0. The van der Waals surface area contributed by atoms with Crippen molar-refractivity contribution in [3.63, 3.8) is 0 Å². The summed E-state index contributed by atoms with van der Waals surface area (Å²) in [5.41, 5.74) is 0. The van der Waals surface area contributed by atoms with Crippen LogP contribution in [-0.2, 0) is 24.6 Å². The van der Waals surface area contributed by atoms with Crippen LogP contribution in [0.3, 0.4) is 0 Å². The quantitative estimate of drug-likeness (QED) is 0.392. The van der Waals surface area contributed by atoms with Crippen molar-refractivity contribution in [2.45, 2.75) is 0 Å². The van der Waals surface area contributed by atoms with Crippen LogP contribution in [0.2, 0.25) is 0 Å². The van der Waals surface area contributed by atoms with Gasteiger partial charge in [0.15, 0.2) is 0 Å². The van der Waals surface area contributed by atoms with Gasteiger partial charge < -0.3 is 4.79 Å². The fraction of sp³-hybridized carbons (Fsp3) is 0. The van der Waals surface area contributed by atoms with Crippen LogP contribution >= 0.6 is 0 Å². The molecule has 0 aromatic rings. The topological polar surface area (TPSA) is 34.1 Å². The third-order valence-electron chi connectivity index (χ3n) is 0. The predicted octanol–water partition coefficient (Wildman–Crippen LogP) is -0.306. The summed E-state index contributed by atoms with van der Waals surface area (Å²) < 4.78 is 8.06. The molecule has 0 radical (unpaired) electrons. The molecule has 0 atom stereocenters. The maximum absolute atomic E-state index is 8.06. The van der Waals surface area contributed by atoms with Gasteiger partial charge in [0, 0.05) is 0 Å². The first kappa shape index (κ1) is 9.01. The zero-order chi connectivity index (χ0) is 4.00. The third-order valence-corrected chi connectivity index (χ3v) is 0. The van der Waals surface area contributed by atoms with Crippen LogP contribution in [0.15, 0.2) is 0 Å². The van der Waals surface area contributed by atoms with E-state index in [1.807, 2.05) is 6.79 Å². The zero-order valence-electron chi connectivity index (χ0n) is 1.90. The molecule has 0 unspecified atom stereocenters. The molecule has 0 saturated carbocycles. The van der Waals surface area contributed by atoms with E-state index in [-0.39, 0.29) is 0 Å². The van der Waals surface area contributed by atoms with E-state index >= 15 is 0 Å². The van der Waals surface area contributed by atoms with Crippen molar-refractivity contribution in [2.75, 3.05) is 0 Å². The van der Waals surface area contributed by atoms with Crippen LogP contribution in [-0.4, -0.2) is 6.79 Å². The number of hydrogen-bond donors (Lipinski definition) is 0. The van der Waals surface area contributed by atoms with Crippen LogP contribution in [0.5, 0.6) is 0 Å². The molecule has 0 aliphatic rings. The Morgan fingerprint density at radius 3 is 1.25 bits per heavy atom. The molecule has 0 amide bonds. The first-order chi connectivity index (χ1) is 2.00. The average molecular weight is 101 g/mol. The number of hydrogen-bond acceptors (Lipinski definition) is 2. The summed E-state index contributed by atoms with van der Waals surface area (Å²) in [6, 6.07) is 0. The molecule has 0 aromatic carbocycles. The Balaban J connectivity index is 0. The molecule has 0 saturated heterocycles. The van der Waals surface area contributed by atoms with Gasteiger partial charge in [-0.15, -0.1) is 0 Å². The molecule has 0 aliphatic heterocycles. The van der Waals surface area contributed by atoms with Gasteiger partial charge in [-0.25, -0.2) is 0 Å². The van der Waals surface area contributed by atoms with E-state index in [0.717, 1.165) is 0 Å². The van der Waals surface area contributed by atoms with Crippen LogP contribution < -0.4 is 0 Å². The van der Waals surface area contributed by atoms with Crippen LogP contribution in [0.4, 0.5) is 0 Å². The van der Waals surface area contributed by atoms with Crippen LogP contribution in [0.25, 0.3) is 0 Å². The molecule has 4 heavy (non-hydrogen) atoms. The maximum atomic E-state index is 8.06. The van der Waals surface area contributed by atoms with Crippen molar-refractivity contribution in [1.29, 1.82) is 0 Å². The van der Waals surface area contributed by atoms with Gasteiger partial charge in [0.2, 0.25) is 0 Å². The van der Waals surface area contributed by atoms with E-state index in [1.165, 1.54) is 0 Å². The van der Waals surface area contributed by atoms with Crippen molar-refractivity contribution in [3.8, 4) is 0 Å². The molecule has 0 heterocycles. The van der Waals surface area contributed by atoms with Crippen molar-refractivity contribution in [2.24, 2.45) is 0 Å². The summed E-state index contributed by atoms with van der Waals surface area (Å²) in [6.07, 6.45) is 0. The van der Waals surface area contributed by atoms with Gasteiger partial charge in [0.05, 0.1) is 0 Å². The SMILES string of the molecule is C=O.[O]=[Mn]. The predicted molar refractivity (Wildman–Crippen MR) is 7.81 cm³/mol. The Morgan fingerprint density at radius 1 is 1.25 bits per heavy atom. The van der Waals surface area contributed by atoms with Gasteiger partial charge in [0.1, 0.15) is 6.79 Å². The number of carbonyl (C=O) groups excluding carboxylic acids is 1. The summed E-state index contributed by atoms with van der Waals surface area (Å²) in [5.74, 6) is 0. The Bertz CT molecular complexity index is 8.00. The fourth-order valence-electron chi connectivity index (χ4n) is 0. The molecule has 25 valence electrons. The van der Waals surface area contributed by atoms with E-state index < -0.39 is 0 Å². The van der Waals surface area contributed by atoms with E-state index in [1.54, 1.807) is 15.9 Å². The molecule has 0 fully saturated rings. The van der Waals surface area contributed by atoms with Crippen molar-refractivity contribution in [3.05, 3.63) is 0 Å². The van der Waals surface area contributed by atoms with Crippen molar-refractivity contribution >= 4 is 6.79 Å². The molecule has 0 aromatic heterocycles. The van der Waals surface area contributed by atoms with Gasteiger partial charge in [-0.05, 0) is 0 Å². The van der Waals surface area contributed by atoms with Gasteiger partial charge >= 0.3 is 19.8 Å². The minimum absolute atomic E-state index is 1.69. The normalized spacial score (nSPS) is 2.00. The van der Waals surface area contributed by atoms with E-state index in [9.17, 15) is 0 Å². The molecule has 0 aliphatic carbocycles. The molecule has 2 nitrogen and oxygen atoms in total. The molecule has 0 spiro atoms. The standard InChI is InChI=1S/CH2O.Mn.O/c1-2;;/h1H2;;. The molecule has 0 N–H and O–H groups in total. The Kier molecular flexibility index (Phi) is 241000. The van der Waals surface area contributed by atoms with Crippen molar-refractivity contribution in [1.82, 2.24) is 0 Å². The second kappa shape index (κ2) is 107000. The average Bonchev–Trinajstić information content (AvgIpc) is 1.50. The molecule has 0 bridgehead atoms. The first-order valence-electron chi connectivity index (χ1n) is 0.443. The third kappa shape index (κ3) is 17600. The molecular weight excluding hydrogens is 98.9 g/mol. The summed E-state index contributed by atoms with van der Waals surface area (Å²) >= 11 is 1.69. The number of rotatable bonds is 0. The molecular formula is CH2MnO2. The van der Waals surface area contributed by atoms with Gasteiger partial charge in [-0.1, -0.05) is 0 Å². The van der Waals surface area contributed by atoms with E-state index in [2.05, 4.69) is 0 Å². The van der Waals surface area contributed by atoms with Crippen LogP contribution in [0.1, 0.15) is 0 Å². The summed E-state index contributed by atoms with van der Waals surface area (Å²) in [5, 5.41) is 0. The zero-order valence-corrected chi connectivity index (χ0v) is 3.08. The Hall–Kier alpha value is -0.0105. The molecule has 3 heteroatoms. The summed E-state index contributed by atoms with van der Waals surface area (Å²) in [6.45, 7) is 2.00. The fourth-order valence-corrected chi connectivity index (χ4v) is 0. The van der Waals surface area contributed by atoms with E-state index in [0.29, 0.717) is 0 Å². The first-order valence-corrected chi connectivity index (χ1v) is 0.925. The minimum atomic E-state index is 1.69.